The number of rotatable bonds is 6. The summed E-state index contributed by atoms with van der Waals surface area (Å²) in [5.74, 6) is -0.0143. The first-order valence-electron chi connectivity index (χ1n) is 8.66. The average Bonchev–Trinajstić information content (AvgIpc) is 3.32. The summed E-state index contributed by atoms with van der Waals surface area (Å²) in [4.78, 5) is 11.1. The van der Waals surface area contributed by atoms with Gasteiger partial charge in [0.1, 0.15) is 5.75 Å². The zero-order chi connectivity index (χ0) is 18.8. The Balaban J connectivity index is 1.84. The summed E-state index contributed by atoms with van der Waals surface area (Å²) < 4.78 is 7.35. The molecule has 0 amide bonds. The highest BCUT2D eigenvalue weighted by Gasteiger charge is 2.14. The number of aromatic nitrogens is 3. The molecule has 0 saturated heterocycles. The van der Waals surface area contributed by atoms with Crippen molar-refractivity contribution < 1.29 is 14.6 Å². The van der Waals surface area contributed by atoms with Crippen molar-refractivity contribution in [3.8, 4) is 22.7 Å². The molecule has 0 aliphatic rings. The van der Waals surface area contributed by atoms with Crippen molar-refractivity contribution in [1.82, 2.24) is 14.8 Å². The first-order valence-corrected chi connectivity index (χ1v) is 8.66. The molecule has 2 aromatic carbocycles. The third-order valence-corrected chi connectivity index (χ3v) is 4.63. The molecule has 2 N–H and O–H groups in total. The maximum Gasteiger partial charge on any atom is 0.303 e. The number of carboxylic acid groups (broad SMARTS) is 1. The minimum atomic E-state index is -0.808. The fourth-order valence-corrected chi connectivity index (χ4v) is 3.27. The van der Waals surface area contributed by atoms with Gasteiger partial charge < -0.3 is 14.4 Å². The van der Waals surface area contributed by atoms with E-state index in [9.17, 15) is 4.79 Å². The number of H-pyrrole nitrogens is 1. The molecule has 6 nitrogen and oxygen atoms in total. The maximum absolute atomic E-state index is 11.1. The molecule has 0 aliphatic heterocycles. The summed E-state index contributed by atoms with van der Waals surface area (Å²) in [5, 5.41) is 17.2. The van der Waals surface area contributed by atoms with E-state index in [-0.39, 0.29) is 6.42 Å². The first-order chi connectivity index (χ1) is 13.2. The monoisotopic (exact) mass is 361 g/mol. The third-order valence-electron chi connectivity index (χ3n) is 4.63. The molecule has 0 fully saturated rings. The van der Waals surface area contributed by atoms with Gasteiger partial charge in [-0.2, -0.15) is 5.10 Å². The molecule has 0 bridgehead atoms. The highest BCUT2D eigenvalue weighted by atomic mass is 16.5. The number of hydrogen-bond acceptors (Lipinski definition) is 3. The Morgan fingerprint density at radius 1 is 1.15 bits per heavy atom. The van der Waals surface area contributed by atoms with Gasteiger partial charge in [-0.05, 0) is 66.6 Å². The average molecular weight is 361 g/mol. The number of carbonyl (C=O) groups is 1. The van der Waals surface area contributed by atoms with E-state index < -0.39 is 5.97 Å². The van der Waals surface area contributed by atoms with Crippen LogP contribution < -0.4 is 4.74 Å². The standard InChI is InChI=1S/C21H19N3O3/c1-27-18-8-3-14(4-9-18)20-10-6-16(7-11-21(25)26)24(20)17-5-2-15-13-22-23-19(15)12-17/h2-6,8-10,12-13H,7,11H2,1H3,(H,22,23)(H,25,26). The number of methoxy groups -OCH3 is 1. The predicted molar refractivity (Wildman–Crippen MR) is 103 cm³/mol. The number of benzene rings is 2. The Hall–Kier alpha value is -3.54. The molecule has 0 spiro atoms. The summed E-state index contributed by atoms with van der Waals surface area (Å²) in [6, 6.07) is 17.9. The fraction of sp³-hybridized carbons (Fsp3) is 0.143. The number of aliphatic carboxylic acids is 1. The van der Waals surface area contributed by atoms with E-state index in [2.05, 4.69) is 14.8 Å². The topological polar surface area (TPSA) is 80.1 Å². The number of fused-ring (bicyclic) bond motifs is 1. The maximum atomic E-state index is 11.1. The predicted octanol–water partition coefficient (Wildman–Crippen LogP) is 4.05. The quantitative estimate of drug-likeness (QED) is 0.543. The summed E-state index contributed by atoms with van der Waals surface area (Å²) >= 11 is 0. The minimum Gasteiger partial charge on any atom is -0.497 e. The Bertz CT molecular complexity index is 1090. The van der Waals surface area contributed by atoms with Crippen molar-refractivity contribution in [2.24, 2.45) is 0 Å². The third kappa shape index (κ3) is 3.29. The lowest BCUT2D eigenvalue weighted by Crippen LogP contribution is -2.05. The second-order valence-electron chi connectivity index (χ2n) is 6.31. The van der Waals surface area contributed by atoms with Crippen molar-refractivity contribution in [2.75, 3.05) is 7.11 Å². The second kappa shape index (κ2) is 6.99. The van der Waals surface area contributed by atoms with Crippen LogP contribution in [0.1, 0.15) is 12.1 Å². The van der Waals surface area contributed by atoms with Gasteiger partial charge in [-0.25, -0.2) is 0 Å². The van der Waals surface area contributed by atoms with Crippen LogP contribution in [0, 0.1) is 0 Å². The largest absolute Gasteiger partial charge is 0.497 e. The molecule has 0 unspecified atom stereocenters. The van der Waals surface area contributed by atoms with Crippen LogP contribution in [0.25, 0.3) is 27.8 Å². The summed E-state index contributed by atoms with van der Waals surface area (Å²) in [7, 11) is 1.64. The van der Waals surface area contributed by atoms with E-state index >= 15 is 0 Å². The van der Waals surface area contributed by atoms with Crippen molar-refractivity contribution in [2.45, 2.75) is 12.8 Å². The van der Waals surface area contributed by atoms with Crippen molar-refractivity contribution in [3.05, 3.63) is 66.5 Å². The first kappa shape index (κ1) is 16.9. The van der Waals surface area contributed by atoms with Gasteiger partial charge in [0.2, 0.25) is 0 Å². The second-order valence-corrected chi connectivity index (χ2v) is 6.31. The lowest BCUT2D eigenvalue weighted by molar-refractivity contribution is -0.136. The van der Waals surface area contributed by atoms with Gasteiger partial charge in [0.25, 0.3) is 0 Å². The van der Waals surface area contributed by atoms with Crippen LogP contribution in [0.15, 0.2) is 60.8 Å². The number of aromatic amines is 1. The Labute approximate surface area is 156 Å². The zero-order valence-corrected chi connectivity index (χ0v) is 14.8. The molecule has 4 aromatic rings. The number of nitrogens with zero attached hydrogens (tertiary/aromatic N) is 2. The van der Waals surface area contributed by atoms with E-state index in [1.807, 2.05) is 54.6 Å². The molecular formula is C21H19N3O3. The molecule has 6 heteroatoms. The van der Waals surface area contributed by atoms with Crippen LogP contribution in [0.2, 0.25) is 0 Å². The summed E-state index contributed by atoms with van der Waals surface area (Å²) in [6.07, 6.45) is 2.31. The van der Waals surface area contributed by atoms with E-state index in [4.69, 9.17) is 9.84 Å². The van der Waals surface area contributed by atoms with E-state index in [0.717, 1.165) is 39.3 Å². The molecule has 0 aliphatic carbocycles. The molecular weight excluding hydrogens is 342 g/mol. The Morgan fingerprint density at radius 3 is 2.70 bits per heavy atom. The number of carboxylic acids is 1. The lowest BCUT2D eigenvalue weighted by Gasteiger charge is -2.14. The van der Waals surface area contributed by atoms with Crippen molar-refractivity contribution in [3.63, 3.8) is 0 Å². The van der Waals surface area contributed by atoms with Gasteiger partial charge in [0.05, 0.1) is 30.9 Å². The van der Waals surface area contributed by atoms with Crippen molar-refractivity contribution in [1.29, 1.82) is 0 Å². The molecule has 136 valence electrons. The van der Waals surface area contributed by atoms with Gasteiger partial charge in [0.15, 0.2) is 0 Å². The van der Waals surface area contributed by atoms with Gasteiger partial charge >= 0.3 is 5.97 Å². The normalized spacial score (nSPS) is 11.0. The Morgan fingerprint density at radius 2 is 1.96 bits per heavy atom. The number of nitrogens with one attached hydrogen (secondary N) is 1. The molecule has 0 radical (unpaired) electrons. The number of aryl methyl sites for hydroxylation is 1. The van der Waals surface area contributed by atoms with Gasteiger partial charge in [-0.1, -0.05) is 0 Å². The summed E-state index contributed by atoms with van der Waals surface area (Å²) in [5.41, 5.74) is 4.87. The van der Waals surface area contributed by atoms with Gasteiger partial charge in [-0.3, -0.25) is 9.89 Å². The van der Waals surface area contributed by atoms with E-state index in [0.29, 0.717) is 6.42 Å². The number of hydrogen-bond donors (Lipinski definition) is 2. The summed E-state index contributed by atoms with van der Waals surface area (Å²) in [6.45, 7) is 0. The van der Waals surface area contributed by atoms with Crippen LogP contribution in [0.5, 0.6) is 5.75 Å². The van der Waals surface area contributed by atoms with Crippen LogP contribution in [0.3, 0.4) is 0 Å². The van der Waals surface area contributed by atoms with Gasteiger partial charge in [0, 0.05) is 16.8 Å². The fourth-order valence-electron chi connectivity index (χ4n) is 3.27. The van der Waals surface area contributed by atoms with Crippen LogP contribution in [-0.4, -0.2) is 33.0 Å². The highest BCUT2D eigenvalue weighted by molar-refractivity contribution is 5.80. The number of ether oxygens (including phenoxy) is 1. The molecule has 4 rings (SSSR count). The molecule has 2 aromatic heterocycles. The lowest BCUT2D eigenvalue weighted by atomic mass is 10.1. The highest BCUT2D eigenvalue weighted by Crippen LogP contribution is 2.30. The zero-order valence-electron chi connectivity index (χ0n) is 14.8. The smallest absolute Gasteiger partial charge is 0.303 e. The molecule has 27 heavy (non-hydrogen) atoms. The molecule has 0 atom stereocenters. The Kier molecular flexibility index (Phi) is 4.38. The van der Waals surface area contributed by atoms with Gasteiger partial charge in [-0.15, -0.1) is 0 Å². The van der Waals surface area contributed by atoms with E-state index in [1.165, 1.54) is 0 Å². The minimum absolute atomic E-state index is 0.0817. The van der Waals surface area contributed by atoms with Crippen LogP contribution in [-0.2, 0) is 11.2 Å². The molecule has 2 heterocycles. The van der Waals surface area contributed by atoms with Crippen molar-refractivity contribution >= 4 is 16.9 Å². The van der Waals surface area contributed by atoms with Crippen LogP contribution >= 0.6 is 0 Å². The van der Waals surface area contributed by atoms with E-state index in [1.54, 1.807) is 13.3 Å². The molecule has 0 saturated carbocycles. The van der Waals surface area contributed by atoms with Crippen LogP contribution in [0.4, 0.5) is 0 Å². The SMILES string of the molecule is COc1ccc(-c2ccc(CCC(=O)O)n2-c2ccc3cn[nH]c3c2)cc1.